The van der Waals surface area contributed by atoms with Gasteiger partial charge in [0.25, 0.3) is 0 Å². The maximum Gasteiger partial charge on any atom is 0.223 e. The van der Waals surface area contributed by atoms with E-state index in [1.807, 2.05) is 26.1 Å². The molecule has 6 heteroatoms. The van der Waals surface area contributed by atoms with E-state index >= 15 is 0 Å². The van der Waals surface area contributed by atoms with Crippen molar-refractivity contribution < 1.29 is 4.74 Å². The Morgan fingerprint density at radius 2 is 2.04 bits per heavy atom. The van der Waals surface area contributed by atoms with Crippen LogP contribution in [0.4, 0.5) is 11.8 Å². The summed E-state index contributed by atoms with van der Waals surface area (Å²) in [6.45, 7) is 9.24. The highest BCUT2D eigenvalue weighted by Crippen LogP contribution is 2.16. The fourth-order valence-electron chi connectivity index (χ4n) is 2.72. The van der Waals surface area contributed by atoms with Gasteiger partial charge in [-0.3, -0.25) is 0 Å². The molecule has 1 aliphatic heterocycles. The van der Waals surface area contributed by atoms with E-state index in [0.29, 0.717) is 12.5 Å². The number of anilines is 2. The van der Waals surface area contributed by atoms with Crippen LogP contribution < -0.4 is 10.2 Å². The standard InChI is InChI=1S/C17H23N5O/c1-12-8-13(2)21-17(20-12)19-10-15-4-5-16(18-9-15)22-6-7-23-14(3)11-22/h4-5,8-9,14H,6-7,10-11H2,1-3H3,(H,19,20,21). The van der Waals surface area contributed by atoms with Crippen molar-refractivity contribution in [1.29, 1.82) is 0 Å². The van der Waals surface area contributed by atoms with Crippen LogP contribution in [0.15, 0.2) is 24.4 Å². The van der Waals surface area contributed by atoms with E-state index in [1.165, 1.54) is 0 Å². The molecule has 2 aromatic rings. The Kier molecular flexibility index (Phi) is 4.71. The highest BCUT2D eigenvalue weighted by Gasteiger charge is 2.17. The van der Waals surface area contributed by atoms with E-state index in [2.05, 4.69) is 44.2 Å². The van der Waals surface area contributed by atoms with Crippen LogP contribution in [-0.4, -0.2) is 40.8 Å². The molecule has 3 heterocycles. The summed E-state index contributed by atoms with van der Waals surface area (Å²) < 4.78 is 5.57. The van der Waals surface area contributed by atoms with E-state index in [-0.39, 0.29) is 6.10 Å². The number of hydrogen-bond donors (Lipinski definition) is 1. The van der Waals surface area contributed by atoms with Gasteiger partial charge in [-0.15, -0.1) is 0 Å². The molecule has 1 saturated heterocycles. The average molecular weight is 313 g/mol. The first-order chi connectivity index (χ1) is 11.1. The third-order valence-corrected chi connectivity index (χ3v) is 3.81. The Labute approximate surface area is 136 Å². The molecule has 1 unspecified atom stereocenters. The zero-order valence-electron chi connectivity index (χ0n) is 13.9. The number of nitrogens with zero attached hydrogens (tertiary/aromatic N) is 4. The third kappa shape index (κ3) is 4.16. The molecule has 1 aliphatic rings. The molecular formula is C17H23N5O. The van der Waals surface area contributed by atoms with Gasteiger partial charge in [-0.05, 0) is 38.5 Å². The molecule has 0 amide bonds. The molecule has 0 spiro atoms. The number of aromatic nitrogens is 3. The number of aryl methyl sites for hydroxylation is 2. The third-order valence-electron chi connectivity index (χ3n) is 3.81. The molecule has 0 bridgehead atoms. The highest BCUT2D eigenvalue weighted by atomic mass is 16.5. The first-order valence-corrected chi connectivity index (χ1v) is 7.98. The lowest BCUT2D eigenvalue weighted by molar-refractivity contribution is 0.0529. The molecule has 0 aromatic carbocycles. The van der Waals surface area contributed by atoms with Crippen LogP contribution in [0.1, 0.15) is 23.9 Å². The van der Waals surface area contributed by atoms with Crippen LogP contribution in [0.3, 0.4) is 0 Å². The second-order valence-corrected chi connectivity index (χ2v) is 5.98. The molecule has 0 radical (unpaired) electrons. The van der Waals surface area contributed by atoms with E-state index in [9.17, 15) is 0 Å². The van der Waals surface area contributed by atoms with Gasteiger partial charge < -0.3 is 15.0 Å². The zero-order chi connectivity index (χ0) is 16.2. The number of hydrogen-bond acceptors (Lipinski definition) is 6. The minimum absolute atomic E-state index is 0.258. The van der Waals surface area contributed by atoms with Crippen LogP contribution in [0.2, 0.25) is 0 Å². The normalized spacial score (nSPS) is 18.0. The number of ether oxygens (including phenoxy) is 1. The SMILES string of the molecule is Cc1cc(C)nc(NCc2ccc(N3CCOC(C)C3)nc2)n1. The minimum atomic E-state index is 0.258. The quantitative estimate of drug-likeness (QED) is 0.934. The molecular weight excluding hydrogens is 290 g/mol. The van der Waals surface area contributed by atoms with E-state index in [0.717, 1.165) is 42.5 Å². The molecule has 6 nitrogen and oxygen atoms in total. The van der Waals surface area contributed by atoms with Crippen molar-refractivity contribution >= 4 is 11.8 Å². The lowest BCUT2D eigenvalue weighted by Crippen LogP contribution is -2.41. The van der Waals surface area contributed by atoms with Crippen molar-refractivity contribution in [3.8, 4) is 0 Å². The molecule has 1 atom stereocenters. The van der Waals surface area contributed by atoms with Crippen LogP contribution in [0, 0.1) is 13.8 Å². The number of morpholine rings is 1. The summed E-state index contributed by atoms with van der Waals surface area (Å²) in [6.07, 6.45) is 2.17. The molecule has 2 aromatic heterocycles. The summed E-state index contributed by atoms with van der Waals surface area (Å²) in [4.78, 5) is 15.6. The van der Waals surface area contributed by atoms with Gasteiger partial charge in [0.2, 0.25) is 5.95 Å². The van der Waals surface area contributed by atoms with Crippen molar-refractivity contribution in [1.82, 2.24) is 15.0 Å². The first-order valence-electron chi connectivity index (χ1n) is 7.98. The van der Waals surface area contributed by atoms with Gasteiger partial charge in [0, 0.05) is 37.2 Å². The second-order valence-electron chi connectivity index (χ2n) is 5.98. The van der Waals surface area contributed by atoms with Gasteiger partial charge in [-0.2, -0.15) is 0 Å². The number of pyridine rings is 1. The van der Waals surface area contributed by atoms with Gasteiger partial charge in [-0.1, -0.05) is 6.07 Å². The van der Waals surface area contributed by atoms with Crippen LogP contribution in [0.25, 0.3) is 0 Å². The first kappa shape index (κ1) is 15.7. The van der Waals surface area contributed by atoms with Crippen LogP contribution in [0.5, 0.6) is 0 Å². The fourth-order valence-corrected chi connectivity index (χ4v) is 2.72. The summed E-state index contributed by atoms with van der Waals surface area (Å²) in [5.74, 6) is 1.67. The maximum atomic E-state index is 5.57. The van der Waals surface area contributed by atoms with E-state index in [1.54, 1.807) is 0 Å². The second kappa shape index (κ2) is 6.91. The molecule has 3 rings (SSSR count). The Morgan fingerprint density at radius 3 is 2.70 bits per heavy atom. The summed E-state index contributed by atoms with van der Waals surface area (Å²) in [5, 5.41) is 3.25. The molecule has 1 fully saturated rings. The van der Waals surface area contributed by atoms with Crippen molar-refractivity contribution in [3.05, 3.63) is 41.3 Å². The predicted molar refractivity (Wildman–Crippen MR) is 90.7 cm³/mol. The molecule has 1 N–H and O–H groups in total. The minimum Gasteiger partial charge on any atom is -0.375 e. The lowest BCUT2D eigenvalue weighted by atomic mass is 10.2. The Morgan fingerprint density at radius 1 is 1.26 bits per heavy atom. The number of rotatable bonds is 4. The fraction of sp³-hybridized carbons (Fsp3) is 0.471. The average Bonchev–Trinajstić information content (AvgIpc) is 2.52. The van der Waals surface area contributed by atoms with Crippen molar-refractivity contribution in [2.45, 2.75) is 33.4 Å². The van der Waals surface area contributed by atoms with Gasteiger partial charge in [0.1, 0.15) is 5.82 Å². The Balaban J connectivity index is 1.61. The monoisotopic (exact) mass is 313 g/mol. The van der Waals surface area contributed by atoms with Gasteiger partial charge in [-0.25, -0.2) is 15.0 Å². The lowest BCUT2D eigenvalue weighted by Gasteiger charge is -2.32. The Bertz CT molecular complexity index is 638. The van der Waals surface area contributed by atoms with Gasteiger partial charge >= 0.3 is 0 Å². The largest absolute Gasteiger partial charge is 0.375 e. The zero-order valence-corrected chi connectivity index (χ0v) is 13.9. The van der Waals surface area contributed by atoms with Gasteiger partial charge in [0.05, 0.1) is 12.7 Å². The smallest absolute Gasteiger partial charge is 0.223 e. The molecule has 0 saturated carbocycles. The topological polar surface area (TPSA) is 63.2 Å². The van der Waals surface area contributed by atoms with Crippen LogP contribution in [-0.2, 0) is 11.3 Å². The van der Waals surface area contributed by atoms with Crippen molar-refractivity contribution in [2.75, 3.05) is 29.9 Å². The Hall–Kier alpha value is -2.21. The molecule has 23 heavy (non-hydrogen) atoms. The van der Waals surface area contributed by atoms with Crippen molar-refractivity contribution in [2.24, 2.45) is 0 Å². The predicted octanol–water partition coefficient (Wildman–Crippen LogP) is 2.33. The summed E-state index contributed by atoms with van der Waals surface area (Å²) >= 11 is 0. The van der Waals surface area contributed by atoms with Crippen LogP contribution >= 0.6 is 0 Å². The molecule has 0 aliphatic carbocycles. The summed E-state index contributed by atoms with van der Waals surface area (Å²) in [7, 11) is 0. The summed E-state index contributed by atoms with van der Waals surface area (Å²) in [5.41, 5.74) is 3.04. The van der Waals surface area contributed by atoms with E-state index in [4.69, 9.17) is 4.74 Å². The highest BCUT2D eigenvalue weighted by molar-refractivity contribution is 5.40. The van der Waals surface area contributed by atoms with Gasteiger partial charge in [0.15, 0.2) is 0 Å². The summed E-state index contributed by atoms with van der Waals surface area (Å²) in [6, 6.07) is 6.13. The van der Waals surface area contributed by atoms with Crippen molar-refractivity contribution in [3.63, 3.8) is 0 Å². The number of nitrogens with one attached hydrogen (secondary N) is 1. The molecule has 122 valence electrons. The maximum absolute atomic E-state index is 5.57. The van der Waals surface area contributed by atoms with E-state index < -0.39 is 0 Å².